The number of fused-ring (bicyclic) bond motifs is 1. The van der Waals surface area contributed by atoms with Gasteiger partial charge < -0.3 is 14.6 Å². The van der Waals surface area contributed by atoms with Crippen LogP contribution in [0.4, 0.5) is 0 Å². The predicted molar refractivity (Wildman–Crippen MR) is 87.9 cm³/mol. The zero-order valence-corrected chi connectivity index (χ0v) is 14.9. The number of aliphatic hydroxyl groups excluding tert-OH is 1. The molecular weight excluding hydrogens is 332 g/mol. The summed E-state index contributed by atoms with van der Waals surface area (Å²) in [5.74, 6) is 1.89. The van der Waals surface area contributed by atoms with Gasteiger partial charge in [0.1, 0.15) is 0 Å². The van der Waals surface area contributed by atoms with E-state index >= 15 is 0 Å². The standard InChI is InChI=1S/C17H25BrO3/c1-11(17(2,3)4)8-14(19)12-9-15-16(10-13(12)18)21-7-5-6-20-15/h9-11,14,19H,5-8H2,1-4H3. The van der Waals surface area contributed by atoms with Crippen molar-refractivity contribution in [1.29, 1.82) is 0 Å². The fraction of sp³-hybridized carbons (Fsp3) is 0.647. The van der Waals surface area contributed by atoms with Gasteiger partial charge in [0.2, 0.25) is 0 Å². The van der Waals surface area contributed by atoms with Gasteiger partial charge in [0.15, 0.2) is 11.5 Å². The summed E-state index contributed by atoms with van der Waals surface area (Å²) in [5.41, 5.74) is 1.05. The van der Waals surface area contributed by atoms with E-state index in [9.17, 15) is 5.11 Å². The fourth-order valence-corrected chi connectivity index (χ4v) is 2.86. The number of hydrogen-bond donors (Lipinski definition) is 1. The monoisotopic (exact) mass is 356 g/mol. The maximum Gasteiger partial charge on any atom is 0.162 e. The number of hydrogen-bond acceptors (Lipinski definition) is 3. The van der Waals surface area contributed by atoms with E-state index in [2.05, 4.69) is 43.6 Å². The Bertz CT molecular complexity index is 494. The topological polar surface area (TPSA) is 38.7 Å². The van der Waals surface area contributed by atoms with Crippen molar-refractivity contribution in [3.05, 3.63) is 22.2 Å². The van der Waals surface area contributed by atoms with Gasteiger partial charge >= 0.3 is 0 Å². The normalized spacial score (nSPS) is 18.0. The van der Waals surface area contributed by atoms with Crippen molar-refractivity contribution in [1.82, 2.24) is 0 Å². The van der Waals surface area contributed by atoms with Crippen molar-refractivity contribution in [2.24, 2.45) is 11.3 Å². The van der Waals surface area contributed by atoms with Gasteiger partial charge in [0, 0.05) is 10.9 Å². The Balaban J connectivity index is 2.21. The van der Waals surface area contributed by atoms with E-state index in [0.29, 0.717) is 19.1 Å². The quantitative estimate of drug-likeness (QED) is 0.851. The van der Waals surface area contributed by atoms with E-state index in [4.69, 9.17) is 9.47 Å². The molecule has 118 valence electrons. The van der Waals surface area contributed by atoms with Crippen molar-refractivity contribution in [2.45, 2.75) is 46.6 Å². The van der Waals surface area contributed by atoms with E-state index in [1.165, 1.54) is 0 Å². The molecule has 1 heterocycles. The third kappa shape index (κ3) is 4.13. The summed E-state index contributed by atoms with van der Waals surface area (Å²) in [7, 11) is 0. The van der Waals surface area contributed by atoms with Gasteiger partial charge in [-0.25, -0.2) is 0 Å². The molecule has 0 aromatic heterocycles. The molecule has 0 amide bonds. The Morgan fingerprint density at radius 3 is 2.33 bits per heavy atom. The van der Waals surface area contributed by atoms with E-state index in [1.807, 2.05) is 12.1 Å². The maximum absolute atomic E-state index is 10.6. The Kier molecular flexibility index (Phi) is 5.20. The lowest BCUT2D eigenvalue weighted by atomic mass is 9.78. The second kappa shape index (κ2) is 6.57. The summed E-state index contributed by atoms with van der Waals surface area (Å²) >= 11 is 3.55. The highest BCUT2D eigenvalue weighted by Gasteiger charge is 2.25. The summed E-state index contributed by atoms with van der Waals surface area (Å²) in [6.07, 6.45) is 1.10. The van der Waals surface area contributed by atoms with Gasteiger partial charge in [-0.3, -0.25) is 0 Å². The van der Waals surface area contributed by atoms with Crippen LogP contribution in [0.5, 0.6) is 11.5 Å². The fourth-order valence-electron chi connectivity index (χ4n) is 2.27. The van der Waals surface area contributed by atoms with Crippen LogP contribution in [0.1, 0.15) is 52.2 Å². The van der Waals surface area contributed by atoms with Gasteiger partial charge in [-0.2, -0.15) is 0 Å². The summed E-state index contributed by atoms with van der Waals surface area (Å²) in [5, 5.41) is 10.6. The van der Waals surface area contributed by atoms with Crippen molar-refractivity contribution >= 4 is 15.9 Å². The van der Waals surface area contributed by atoms with Crippen LogP contribution in [0.15, 0.2) is 16.6 Å². The number of rotatable bonds is 3. The van der Waals surface area contributed by atoms with Gasteiger partial charge in [0.05, 0.1) is 19.3 Å². The molecule has 1 aromatic carbocycles. The molecule has 0 bridgehead atoms. The largest absolute Gasteiger partial charge is 0.490 e. The minimum absolute atomic E-state index is 0.179. The Morgan fingerprint density at radius 1 is 1.19 bits per heavy atom. The predicted octanol–water partition coefficient (Wildman–Crippen LogP) is 4.72. The molecule has 0 spiro atoms. The van der Waals surface area contributed by atoms with E-state index in [1.54, 1.807) is 0 Å². The van der Waals surface area contributed by atoms with E-state index < -0.39 is 6.10 Å². The van der Waals surface area contributed by atoms with Gasteiger partial charge in [-0.05, 0) is 35.4 Å². The van der Waals surface area contributed by atoms with Crippen molar-refractivity contribution in [2.75, 3.05) is 13.2 Å². The Labute approximate surface area is 135 Å². The lowest BCUT2D eigenvalue weighted by Crippen LogP contribution is -2.20. The van der Waals surface area contributed by atoms with Crippen LogP contribution in [0, 0.1) is 11.3 Å². The number of halogens is 1. The lowest BCUT2D eigenvalue weighted by molar-refractivity contribution is 0.110. The maximum atomic E-state index is 10.6. The molecule has 3 nitrogen and oxygen atoms in total. The molecule has 1 aliphatic heterocycles. The van der Waals surface area contributed by atoms with Crippen LogP contribution in [0.25, 0.3) is 0 Å². The molecule has 1 aliphatic rings. The first kappa shape index (κ1) is 16.6. The van der Waals surface area contributed by atoms with E-state index in [-0.39, 0.29) is 5.41 Å². The third-order valence-electron chi connectivity index (χ3n) is 4.28. The minimum atomic E-state index is -0.509. The van der Waals surface area contributed by atoms with E-state index in [0.717, 1.165) is 34.4 Å². The minimum Gasteiger partial charge on any atom is -0.490 e. The third-order valence-corrected chi connectivity index (χ3v) is 4.97. The SMILES string of the molecule is CC(CC(O)c1cc2c(cc1Br)OCCCO2)C(C)(C)C. The highest BCUT2D eigenvalue weighted by molar-refractivity contribution is 9.10. The molecule has 0 radical (unpaired) electrons. The second-order valence-electron chi connectivity index (χ2n) is 6.89. The Hall–Kier alpha value is -0.740. The van der Waals surface area contributed by atoms with Crippen molar-refractivity contribution in [3.8, 4) is 11.5 Å². The molecule has 0 fully saturated rings. The molecule has 2 atom stereocenters. The average Bonchev–Trinajstić information content (AvgIpc) is 2.61. The number of benzene rings is 1. The van der Waals surface area contributed by atoms with Gasteiger partial charge in [0.25, 0.3) is 0 Å². The summed E-state index contributed by atoms with van der Waals surface area (Å²) in [4.78, 5) is 0. The molecule has 0 saturated heterocycles. The second-order valence-corrected chi connectivity index (χ2v) is 7.74. The van der Waals surface area contributed by atoms with Crippen LogP contribution in [0.3, 0.4) is 0 Å². The molecule has 0 saturated carbocycles. The Morgan fingerprint density at radius 2 is 1.76 bits per heavy atom. The summed E-state index contributed by atoms with van der Waals surface area (Å²) in [6, 6.07) is 3.81. The molecule has 2 unspecified atom stereocenters. The first-order chi connectivity index (χ1) is 9.79. The van der Waals surface area contributed by atoms with Crippen LogP contribution < -0.4 is 9.47 Å². The molecule has 1 aromatic rings. The molecule has 4 heteroatoms. The van der Waals surface area contributed by atoms with Crippen LogP contribution in [-0.2, 0) is 0 Å². The van der Waals surface area contributed by atoms with Crippen molar-refractivity contribution in [3.63, 3.8) is 0 Å². The first-order valence-electron chi connectivity index (χ1n) is 7.56. The zero-order chi connectivity index (χ0) is 15.6. The highest BCUT2D eigenvalue weighted by atomic mass is 79.9. The van der Waals surface area contributed by atoms with Crippen LogP contribution >= 0.6 is 15.9 Å². The number of aliphatic hydroxyl groups is 1. The summed E-state index contributed by atoms with van der Waals surface area (Å²) < 4.78 is 12.2. The molecule has 0 aliphatic carbocycles. The average molecular weight is 357 g/mol. The lowest BCUT2D eigenvalue weighted by Gasteiger charge is -2.29. The van der Waals surface area contributed by atoms with Crippen molar-refractivity contribution < 1.29 is 14.6 Å². The number of ether oxygens (including phenoxy) is 2. The summed E-state index contributed by atoms with van der Waals surface area (Å²) in [6.45, 7) is 10.1. The molecule has 2 rings (SSSR count). The molecule has 21 heavy (non-hydrogen) atoms. The first-order valence-corrected chi connectivity index (χ1v) is 8.35. The highest BCUT2D eigenvalue weighted by Crippen LogP contribution is 2.40. The van der Waals surface area contributed by atoms with Gasteiger partial charge in [-0.15, -0.1) is 0 Å². The van der Waals surface area contributed by atoms with Crippen LogP contribution in [0.2, 0.25) is 0 Å². The molecular formula is C17H25BrO3. The zero-order valence-electron chi connectivity index (χ0n) is 13.3. The smallest absolute Gasteiger partial charge is 0.162 e. The van der Waals surface area contributed by atoms with Crippen LogP contribution in [-0.4, -0.2) is 18.3 Å². The molecule has 1 N–H and O–H groups in total. The van der Waals surface area contributed by atoms with Gasteiger partial charge in [-0.1, -0.05) is 43.6 Å².